The van der Waals surface area contributed by atoms with E-state index >= 15 is 0 Å². The summed E-state index contributed by atoms with van der Waals surface area (Å²) in [6.07, 6.45) is 0.335. The Morgan fingerprint density at radius 2 is 2.14 bits per heavy atom. The van der Waals surface area contributed by atoms with Gasteiger partial charge in [-0.1, -0.05) is 0 Å². The molecule has 3 aliphatic rings. The number of ether oxygens (including phenoxy) is 1. The molecule has 3 aliphatic heterocycles. The molecule has 0 spiro atoms. The van der Waals surface area contributed by atoms with Gasteiger partial charge < -0.3 is 14.5 Å². The van der Waals surface area contributed by atoms with E-state index in [1.165, 1.54) is 11.8 Å². The van der Waals surface area contributed by atoms with Crippen LogP contribution in [0.1, 0.15) is 24.0 Å². The molecule has 3 amide bonds. The van der Waals surface area contributed by atoms with Gasteiger partial charge in [0.1, 0.15) is 11.1 Å². The minimum absolute atomic E-state index is 0.0171. The third-order valence-electron chi connectivity index (χ3n) is 5.98. The second-order valence-electron chi connectivity index (χ2n) is 8.13. The van der Waals surface area contributed by atoms with Crippen molar-refractivity contribution in [3.63, 3.8) is 0 Å². The summed E-state index contributed by atoms with van der Waals surface area (Å²) in [4.78, 5) is 48.2. The van der Waals surface area contributed by atoms with Crippen LogP contribution in [0.4, 0.5) is 4.79 Å². The monoisotopic (exact) mass is 421 g/mol. The van der Waals surface area contributed by atoms with Gasteiger partial charge in [0, 0.05) is 51.2 Å². The Morgan fingerprint density at radius 1 is 1.34 bits per heavy atom. The maximum Gasteiger partial charge on any atom is 0.410 e. The fraction of sp³-hybridized carbons (Fsp3) is 0.684. The molecule has 0 aromatic carbocycles. The molecule has 3 fully saturated rings. The molecule has 3 atom stereocenters. The average molecular weight is 422 g/mol. The molecule has 0 saturated carbocycles. The molecular formula is C19H27N5O4S. The van der Waals surface area contributed by atoms with Crippen LogP contribution in [0.25, 0.3) is 0 Å². The van der Waals surface area contributed by atoms with Crippen LogP contribution in [-0.2, 0) is 20.9 Å². The first-order valence-electron chi connectivity index (χ1n) is 9.93. The van der Waals surface area contributed by atoms with Gasteiger partial charge in [-0.05, 0) is 13.3 Å². The molecule has 1 unspecified atom stereocenters. The zero-order valence-electron chi connectivity index (χ0n) is 17.0. The number of fused-ring (bicyclic) bond motifs is 1. The van der Waals surface area contributed by atoms with Crippen molar-refractivity contribution in [2.24, 2.45) is 0 Å². The van der Waals surface area contributed by atoms with Crippen LogP contribution >= 0.6 is 11.3 Å². The van der Waals surface area contributed by atoms with Crippen LogP contribution in [0.5, 0.6) is 0 Å². The highest BCUT2D eigenvalue weighted by molar-refractivity contribution is 7.09. The molecule has 1 aromatic rings. The first kappa shape index (κ1) is 20.1. The fourth-order valence-electron chi connectivity index (χ4n) is 4.37. The number of hydrogen-bond donors (Lipinski definition) is 0. The minimum atomic E-state index is -0.273. The van der Waals surface area contributed by atoms with Crippen LogP contribution in [0.3, 0.4) is 0 Å². The van der Waals surface area contributed by atoms with Crippen molar-refractivity contribution in [1.29, 1.82) is 0 Å². The molecule has 158 valence electrons. The summed E-state index contributed by atoms with van der Waals surface area (Å²) in [6.45, 7) is 6.83. The summed E-state index contributed by atoms with van der Waals surface area (Å²) < 4.78 is 5.65. The van der Waals surface area contributed by atoms with Gasteiger partial charge in [-0.15, -0.1) is 11.3 Å². The number of likely N-dealkylation sites (N-methyl/N-ethyl adjacent to an activating group) is 1. The first-order chi connectivity index (χ1) is 13.8. The molecule has 4 heterocycles. The molecule has 0 N–H and O–H groups in total. The molecule has 4 rings (SSSR count). The molecular weight excluding hydrogens is 394 g/mol. The Balaban J connectivity index is 1.35. The summed E-state index contributed by atoms with van der Waals surface area (Å²) in [7, 11) is 1.62. The number of hydrogen-bond acceptors (Lipinski definition) is 7. The second kappa shape index (κ2) is 7.91. The maximum absolute atomic E-state index is 12.5. The van der Waals surface area contributed by atoms with E-state index in [9.17, 15) is 14.4 Å². The van der Waals surface area contributed by atoms with Gasteiger partial charge in [0.05, 0.1) is 25.2 Å². The molecule has 0 radical (unpaired) electrons. The van der Waals surface area contributed by atoms with Crippen molar-refractivity contribution in [2.75, 3.05) is 39.8 Å². The van der Waals surface area contributed by atoms with E-state index in [1.807, 2.05) is 17.2 Å². The zero-order valence-corrected chi connectivity index (χ0v) is 17.9. The number of likely N-dealkylation sites (tertiary alicyclic amines) is 2. The third kappa shape index (κ3) is 4.09. The number of rotatable bonds is 5. The number of aromatic nitrogens is 1. The van der Waals surface area contributed by atoms with E-state index in [4.69, 9.17) is 4.74 Å². The van der Waals surface area contributed by atoms with Gasteiger partial charge in [0.15, 0.2) is 0 Å². The van der Waals surface area contributed by atoms with Gasteiger partial charge in [-0.2, -0.15) is 0 Å². The zero-order chi connectivity index (χ0) is 20.7. The standard InChI is InChI=1S/C19H27N5O4S/c1-12-11-29-17(20-12)9-22-7-15-16(8-22)28-19(27)24(15)14-4-5-23(6-14)18(26)10-21(3)13(2)25/h11,14-16H,4-10H2,1-3H3/t14?,15-,16+/m1/s1. The largest absolute Gasteiger partial charge is 0.442 e. The van der Waals surface area contributed by atoms with Gasteiger partial charge >= 0.3 is 6.09 Å². The second-order valence-corrected chi connectivity index (χ2v) is 9.07. The van der Waals surface area contributed by atoms with E-state index in [-0.39, 0.29) is 42.6 Å². The number of carbonyl (C=O) groups excluding carboxylic acids is 3. The third-order valence-corrected chi connectivity index (χ3v) is 6.93. The lowest BCUT2D eigenvalue weighted by molar-refractivity contribution is -0.137. The van der Waals surface area contributed by atoms with Crippen molar-refractivity contribution in [3.8, 4) is 0 Å². The molecule has 0 aliphatic carbocycles. The smallest absolute Gasteiger partial charge is 0.410 e. The normalized spacial score (nSPS) is 26.7. The van der Waals surface area contributed by atoms with Gasteiger partial charge in [-0.25, -0.2) is 9.78 Å². The van der Waals surface area contributed by atoms with Gasteiger partial charge in [-0.3, -0.25) is 19.4 Å². The summed E-state index contributed by atoms with van der Waals surface area (Å²) >= 11 is 1.66. The molecule has 3 saturated heterocycles. The SMILES string of the molecule is CC(=O)N(C)CC(=O)N1CCC(N2C(=O)O[C@H]3CN(Cc4nc(C)cs4)C[C@H]32)C1. The minimum Gasteiger partial charge on any atom is -0.442 e. The molecule has 0 bridgehead atoms. The van der Waals surface area contributed by atoms with E-state index in [0.717, 1.165) is 30.2 Å². The van der Waals surface area contributed by atoms with Gasteiger partial charge in [0.25, 0.3) is 0 Å². The van der Waals surface area contributed by atoms with Crippen LogP contribution in [-0.4, -0.2) is 100 Å². The Labute approximate surface area is 174 Å². The quantitative estimate of drug-likeness (QED) is 0.690. The van der Waals surface area contributed by atoms with Crippen molar-refractivity contribution < 1.29 is 19.1 Å². The summed E-state index contributed by atoms with van der Waals surface area (Å²) in [6, 6.07) is -0.0188. The number of carbonyl (C=O) groups is 3. The Hall–Kier alpha value is -2.20. The van der Waals surface area contributed by atoms with Crippen molar-refractivity contribution in [3.05, 3.63) is 16.1 Å². The topological polar surface area (TPSA) is 86.3 Å². The number of aryl methyl sites for hydroxylation is 1. The highest BCUT2D eigenvalue weighted by atomic mass is 32.1. The highest BCUT2D eigenvalue weighted by Gasteiger charge is 2.51. The Kier molecular flexibility index (Phi) is 5.48. The number of amides is 3. The molecule has 1 aromatic heterocycles. The van der Waals surface area contributed by atoms with Crippen molar-refractivity contribution in [2.45, 2.75) is 45.0 Å². The first-order valence-corrected chi connectivity index (χ1v) is 10.8. The lowest BCUT2D eigenvalue weighted by atomic mass is 10.1. The van der Waals surface area contributed by atoms with Crippen LogP contribution < -0.4 is 0 Å². The molecule has 10 heteroatoms. The number of nitrogens with zero attached hydrogens (tertiary/aromatic N) is 5. The van der Waals surface area contributed by atoms with E-state index in [2.05, 4.69) is 9.88 Å². The van der Waals surface area contributed by atoms with Crippen LogP contribution in [0.15, 0.2) is 5.38 Å². The van der Waals surface area contributed by atoms with E-state index < -0.39 is 0 Å². The average Bonchev–Trinajstić information content (AvgIpc) is 3.40. The molecule has 29 heavy (non-hydrogen) atoms. The Bertz CT molecular complexity index is 814. The predicted octanol–water partition coefficient (Wildman–Crippen LogP) is 0.536. The predicted molar refractivity (Wildman–Crippen MR) is 106 cm³/mol. The highest BCUT2D eigenvalue weighted by Crippen LogP contribution is 2.32. The van der Waals surface area contributed by atoms with Crippen LogP contribution in [0.2, 0.25) is 0 Å². The van der Waals surface area contributed by atoms with Crippen LogP contribution in [0, 0.1) is 6.92 Å². The summed E-state index contributed by atoms with van der Waals surface area (Å²) in [5, 5.41) is 3.12. The maximum atomic E-state index is 12.5. The number of thiazole rings is 1. The van der Waals surface area contributed by atoms with Crippen molar-refractivity contribution in [1.82, 2.24) is 24.6 Å². The van der Waals surface area contributed by atoms with Gasteiger partial charge in [0.2, 0.25) is 11.8 Å². The van der Waals surface area contributed by atoms with E-state index in [0.29, 0.717) is 19.6 Å². The Morgan fingerprint density at radius 3 is 2.83 bits per heavy atom. The van der Waals surface area contributed by atoms with Crippen molar-refractivity contribution >= 4 is 29.2 Å². The lowest BCUT2D eigenvalue weighted by Gasteiger charge is -2.28. The summed E-state index contributed by atoms with van der Waals surface area (Å²) in [5.74, 6) is -0.219. The fourth-order valence-corrected chi connectivity index (χ4v) is 5.18. The molecule has 9 nitrogen and oxygen atoms in total. The lowest BCUT2D eigenvalue weighted by Crippen LogP contribution is -2.47. The summed E-state index contributed by atoms with van der Waals surface area (Å²) in [5.41, 5.74) is 1.03. The van der Waals surface area contributed by atoms with E-state index in [1.54, 1.807) is 23.3 Å².